The maximum Gasteiger partial charge on any atom is 0.326 e. The fraction of sp³-hybridized carbons (Fsp3) is 0.615. The molecule has 12 N–H and O–H groups in total. The predicted molar refractivity (Wildman–Crippen MR) is 362 cm³/mol. The summed E-state index contributed by atoms with van der Waals surface area (Å²) in [6, 6.07) is 11.2. The molecule has 1 fully saturated rings. The molecule has 2 aromatic rings. The van der Waals surface area contributed by atoms with Gasteiger partial charge in [0.25, 0.3) is 0 Å². The Morgan fingerprint density at radius 2 is 0.947 bits per heavy atom. The van der Waals surface area contributed by atoms with Gasteiger partial charge < -0.3 is 62.3 Å². The maximum absolute atomic E-state index is 13.9. The Bertz CT molecular complexity index is 2820. The number of nitrogens with one attached hydrogen (secondary N) is 5. The number of hydrogen-bond donors (Lipinski definition) is 12. The van der Waals surface area contributed by atoms with E-state index in [0.717, 1.165) is 39.5 Å². The molecule has 0 aliphatic carbocycles. The van der Waals surface area contributed by atoms with Gasteiger partial charge in [0, 0.05) is 120 Å². The SMILES string of the molecule is O=C(O)CCCNC(=O)N[C@@H](CCC(=O)CCCCCCCCC(=O)C[C@@H](CCCCNC(=S)Cc1ccc(CC2CN(CC(=O)O)CCN(CC(=O)O)CCN(CC(=O)O)CCN2CC(=O)O)cc1)C(=O)N[C@@H](CCCCNC(=O)Cc1ccc(I)cc1)C(=O)O)C(=O)O. The van der Waals surface area contributed by atoms with E-state index in [1.165, 1.54) is 0 Å². The van der Waals surface area contributed by atoms with Crippen LogP contribution in [-0.2, 0) is 72.0 Å². The molecule has 95 heavy (non-hydrogen) atoms. The number of amides is 4. The zero-order chi connectivity index (χ0) is 70.1. The third-order valence-electron chi connectivity index (χ3n) is 16.0. The number of halogens is 1. The highest BCUT2D eigenvalue weighted by atomic mass is 127. The van der Waals surface area contributed by atoms with Crippen LogP contribution in [0, 0.1) is 9.49 Å². The summed E-state index contributed by atoms with van der Waals surface area (Å²) in [7, 11) is 0. The van der Waals surface area contributed by atoms with E-state index in [1.54, 1.807) is 19.6 Å². The minimum Gasteiger partial charge on any atom is -0.481 e. The molecule has 4 amide bonds. The number of carbonyl (C=O) groups excluding carboxylic acids is 5. The summed E-state index contributed by atoms with van der Waals surface area (Å²) in [6.45, 7) is 0.446. The minimum absolute atomic E-state index is 0.0438. The molecule has 0 radical (unpaired) electrons. The van der Waals surface area contributed by atoms with Crippen LogP contribution in [0.1, 0.15) is 139 Å². The van der Waals surface area contributed by atoms with E-state index in [0.29, 0.717) is 75.9 Å². The zero-order valence-corrected chi connectivity index (χ0v) is 57.0. The molecule has 1 heterocycles. The number of hydrogen-bond acceptors (Lipinski definition) is 17. The van der Waals surface area contributed by atoms with Crippen molar-refractivity contribution in [3.05, 3.63) is 68.8 Å². The molecule has 1 saturated heterocycles. The highest BCUT2D eigenvalue weighted by molar-refractivity contribution is 14.1. The lowest BCUT2D eigenvalue weighted by molar-refractivity contribution is -0.143. The van der Waals surface area contributed by atoms with E-state index in [-0.39, 0.29) is 154 Å². The minimum atomic E-state index is -1.30. The second kappa shape index (κ2) is 46.8. The highest BCUT2D eigenvalue weighted by Gasteiger charge is 2.30. The van der Waals surface area contributed by atoms with E-state index in [1.807, 2.05) is 48.5 Å². The van der Waals surface area contributed by atoms with Crippen molar-refractivity contribution in [2.24, 2.45) is 5.92 Å². The quantitative estimate of drug-likeness (QED) is 0.0251. The summed E-state index contributed by atoms with van der Waals surface area (Å²) in [5, 5.41) is 80.9. The summed E-state index contributed by atoms with van der Waals surface area (Å²) in [4.78, 5) is 154. The van der Waals surface area contributed by atoms with Crippen LogP contribution < -0.4 is 26.6 Å². The summed E-state index contributed by atoms with van der Waals surface area (Å²) >= 11 is 7.89. The summed E-state index contributed by atoms with van der Waals surface area (Å²) in [5.74, 6) is -9.80. The molecular formula is C65H96IN9O19S. The molecule has 528 valence electrons. The van der Waals surface area contributed by atoms with Crippen molar-refractivity contribution in [3.8, 4) is 0 Å². The normalized spacial score (nSPS) is 15.3. The highest BCUT2D eigenvalue weighted by Crippen LogP contribution is 2.20. The van der Waals surface area contributed by atoms with Gasteiger partial charge in [0.1, 0.15) is 23.7 Å². The molecule has 30 heteroatoms. The number of carbonyl (C=O) groups is 12. The van der Waals surface area contributed by atoms with Crippen LogP contribution >= 0.6 is 34.8 Å². The Hall–Kier alpha value is -7.26. The van der Waals surface area contributed by atoms with Crippen LogP contribution in [0.3, 0.4) is 0 Å². The van der Waals surface area contributed by atoms with Gasteiger partial charge in [0.05, 0.1) is 37.6 Å². The van der Waals surface area contributed by atoms with Crippen LogP contribution in [0.4, 0.5) is 4.79 Å². The third-order valence-corrected chi connectivity index (χ3v) is 17.0. The monoisotopic (exact) mass is 1470 g/mol. The van der Waals surface area contributed by atoms with Crippen molar-refractivity contribution in [1.82, 2.24) is 46.2 Å². The van der Waals surface area contributed by atoms with Crippen LogP contribution in [-0.4, -0.2) is 241 Å². The molecule has 0 spiro atoms. The second-order valence-corrected chi connectivity index (χ2v) is 25.7. The Kier molecular flexibility index (Phi) is 40.4. The maximum atomic E-state index is 13.9. The van der Waals surface area contributed by atoms with Gasteiger partial charge in [-0.25, -0.2) is 14.4 Å². The first-order valence-electron chi connectivity index (χ1n) is 32.4. The number of carboxylic acids is 7. The molecule has 1 unspecified atom stereocenters. The van der Waals surface area contributed by atoms with Crippen molar-refractivity contribution in [2.75, 3.05) is 91.6 Å². The first-order chi connectivity index (χ1) is 45.2. The van der Waals surface area contributed by atoms with Crippen molar-refractivity contribution in [3.63, 3.8) is 0 Å². The van der Waals surface area contributed by atoms with E-state index in [4.69, 9.17) is 17.3 Å². The van der Waals surface area contributed by atoms with Crippen LogP contribution in [0.5, 0.6) is 0 Å². The Morgan fingerprint density at radius 1 is 0.463 bits per heavy atom. The van der Waals surface area contributed by atoms with Gasteiger partial charge >= 0.3 is 47.8 Å². The number of aliphatic carboxylic acids is 7. The topological polar surface area (TPSA) is 420 Å². The number of ketones is 2. The number of thiocarbonyl (C=S) groups is 1. The molecular weight excluding hydrogens is 1370 g/mol. The molecule has 0 saturated carbocycles. The van der Waals surface area contributed by atoms with E-state index in [2.05, 4.69) is 49.2 Å². The standard InChI is InChI=1S/C65H96IN9O19S/c66-49-23-21-46(22-24-49)37-55(78)67-27-10-8-15-53(63(90)91)70-62(89)48(39-52(77)14-6-4-2-1-3-5-13-51(76)25-26-54(64(92)93)71-65(94)69-29-11-16-57(79)80)12-7-9-28-68-56(95)38-47-19-17-45(18-20-47)36-50-40-74(43-60(85)86)33-32-72(41-58(81)82)30-31-73(42-59(83)84)34-35-75(50)44-61(87)88/h17-24,48,50,53-54H,1-16,25-44H2,(H,67,78)(H,68,95)(H,70,89)(H,79,80)(H,81,82)(H,83,84)(H,85,86)(H,87,88)(H,90,91)(H,92,93)(H2,69,71,94)/t48-,50?,53+,54+/m1/s1. The lowest BCUT2D eigenvalue weighted by atomic mass is 9.92. The summed E-state index contributed by atoms with van der Waals surface area (Å²) in [6.07, 6.45) is 7.48. The fourth-order valence-corrected chi connectivity index (χ4v) is 11.5. The van der Waals surface area contributed by atoms with Crippen molar-refractivity contribution >= 4 is 111 Å². The molecule has 4 atom stereocenters. The smallest absolute Gasteiger partial charge is 0.326 e. The molecule has 3 rings (SSSR count). The number of urea groups is 1. The molecule has 1 aliphatic heterocycles. The van der Waals surface area contributed by atoms with Gasteiger partial charge in [-0.2, -0.15) is 0 Å². The fourth-order valence-electron chi connectivity index (χ4n) is 10.9. The molecule has 0 aromatic heterocycles. The molecule has 1 aliphatic rings. The molecule has 2 aromatic carbocycles. The average Bonchev–Trinajstić information content (AvgIpc) is 0.926. The lowest BCUT2D eigenvalue weighted by Gasteiger charge is -2.37. The number of rotatable bonds is 47. The zero-order valence-electron chi connectivity index (χ0n) is 54.0. The molecule has 28 nitrogen and oxygen atoms in total. The average molecular weight is 1470 g/mol. The van der Waals surface area contributed by atoms with E-state index < -0.39 is 84.3 Å². The van der Waals surface area contributed by atoms with Gasteiger partial charge in [0.15, 0.2) is 0 Å². The number of benzene rings is 2. The van der Waals surface area contributed by atoms with Gasteiger partial charge in [-0.1, -0.05) is 80.7 Å². The van der Waals surface area contributed by atoms with Gasteiger partial charge in [-0.15, -0.1) is 0 Å². The van der Waals surface area contributed by atoms with Gasteiger partial charge in [-0.3, -0.25) is 62.8 Å². The third kappa shape index (κ3) is 38.8. The van der Waals surface area contributed by atoms with Crippen LogP contribution in [0.2, 0.25) is 0 Å². The van der Waals surface area contributed by atoms with E-state index >= 15 is 0 Å². The number of unbranched alkanes of at least 4 members (excludes halogenated alkanes) is 7. The molecule has 0 bridgehead atoms. The largest absolute Gasteiger partial charge is 0.481 e. The van der Waals surface area contributed by atoms with Crippen LogP contribution in [0.15, 0.2) is 48.5 Å². The van der Waals surface area contributed by atoms with Gasteiger partial charge in [-0.05, 0) is 116 Å². The van der Waals surface area contributed by atoms with Crippen molar-refractivity contribution in [1.29, 1.82) is 0 Å². The summed E-state index contributed by atoms with van der Waals surface area (Å²) < 4.78 is 1.05. The Labute approximate surface area is 573 Å². The van der Waals surface area contributed by atoms with Gasteiger partial charge in [0.2, 0.25) is 11.8 Å². The van der Waals surface area contributed by atoms with Crippen LogP contribution in [0.25, 0.3) is 0 Å². The van der Waals surface area contributed by atoms with Crippen molar-refractivity contribution < 1.29 is 93.3 Å². The number of carboxylic acid groups (broad SMARTS) is 7. The predicted octanol–water partition coefficient (Wildman–Crippen LogP) is 4.15. The summed E-state index contributed by atoms with van der Waals surface area (Å²) in [5.41, 5.74) is 2.53. The second-order valence-electron chi connectivity index (χ2n) is 24.0. The van der Waals surface area contributed by atoms with E-state index in [9.17, 15) is 88.2 Å². The number of Topliss-reactive ketones (excluding diaryl/α,β-unsaturated/α-hetero) is 2. The van der Waals surface area contributed by atoms with Crippen molar-refractivity contribution in [2.45, 2.75) is 159 Å². The first kappa shape index (κ1) is 82.0. The Morgan fingerprint density at radius 3 is 1.53 bits per heavy atom. The first-order valence-corrected chi connectivity index (χ1v) is 33.9. The number of nitrogens with zero attached hydrogens (tertiary/aromatic N) is 4. The Balaban J connectivity index is 1.58. The lowest BCUT2D eigenvalue weighted by Crippen LogP contribution is -2.53.